The van der Waals surface area contributed by atoms with Crippen LogP contribution in [0.3, 0.4) is 0 Å². The molecular formula is C19H22N2O2. The van der Waals surface area contributed by atoms with Crippen molar-refractivity contribution in [3.05, 3.63) is 70.8 Å². The third-order valence-electron chi connectivity index (χ3n) is 3.51. The van der Waals surface area contributed by atoms with E-state index in [1.807, 2.05) is 45.0 Å². The molecule has 0 bridgehead atoms. The van der Waals surface area contributed by atoms with Crippen molar-refractivity contribution in [1.82, 2.24) is 10.6 Å². The van der Waals surface area contributed by atoms with Crippen molar-refractivity contribution < 1.29 is 9.59 Å². The van der Waals surface area contributed by atoms with Crippen LogP contribution in [0.4, 0.5) is 0 Å². The topological polar surface area (TPSA) is 58.2 Å². The number of nitrogens with one attached hydrogen (secondary N) is 2. The van der Waals surface area contributed by atoms with Gasteiger partial charge in [-0.3, -0.25) is 9.59 Å². The van der Waals surface area contributed by atoms with E-state index in [1.54, 1.807) is 24.3 Å². The molecule has 0 aliphatic carbocycles. The van der Waals surface area contributed by atoms with Gasteiger partial charge in [-0.25, -0.2) is 0 Å². The van der Waals surface area contributed by atoms with Crippen LogP contribution in [0.15, 0.2) is 48.5 Å². The standard InChI is InChI=1S/C19H22N2O2/c1-13(2)21-19(23)16-10-6-9-15(11-16)18(22)20-12-17-8-5-4-7-14(17)3/h4-11,13H,12H2,1-3H3,(H,20,22)(H,21,23). The van der Waals surface area contributed by atoms with Crippen molar-refractivity contribution in [1.29, 1.82) is 0 Å². The Morgan fingerprint density at radius 1 is 0.957 bits per heavy atom. The van der Waals surface area contributed by atoms with Crippen molar-refractivity contribution in [3.63, 3.8) is 0 Å². The number of benzene rings is 2. The predicted octanol–water partition coefficient (Wildman–Crippen LogP) is 3.06. The van der Waals surface area contributed by atoms with Crippen LogP contribution in [-0.2, 0) is 6.54 Å². The predicted molar refractivity (Wildman–Crippen MR) is 91.4 cm³/mol. The first-order valence-corrected chi connectivity index (χ1v) is 7.71. The summed E-state index contributed by atoms with van der Waals surface area (Å²) in [7, 11) is 0. The summed E-state index contributed by atoms with van der Waals surface area (Å²) in [5.74, 6) is -0.360. The fourth-order valence-electron chi connectivity index (χ4n) is 2.23. The van der Waals surface area contributed by atoms with Crippen molar-refractivity contribution in [3.8, 4) is 0 Å². The molecule has 2 amide bonds. The molecule has 2 aromatic rings. The molecule has 2 rings (SSSR count). The molecule has 0 aliphatic heterocycles. The number of aryl methyl sites for hydroxylation is 1. The highest BCUT2D eigenvalue weighted by atomic mass is 16.2. The lowest BCUT2D eigenvalue weighted by molar-refractivity contribution is 0.0943. The summed E-state index contributed by atoms with van der Waals surface area (Å²) in [5, 5.41) is 5.71. The molecule has 4 heteroatoms. The molecule has 0 fully saturated rings. The Hall–Kier alpha value is -2.62. The van der Waals surface area contributed by atoms with Crippen molar-refractivity contribution >= 4 is 11.8 Å². The van der Waals surface area contributed by atoms with Crippen LogP contribution in [0.5, 0.6) is 0 Å². The lowest BCUT2D eigenvalue weighted by Gasteiger charge is -2.10. The van der Waals surface area contributed by atoms with Crippen LogP contribution >= 0.6 is 0 Å². The van der Waals surface area contributed by atoms with Crippen LogP contribution in [0.1, 0.15) is 45.7 Å². The molecule has 0 saturated heterocycles. The number of carbonyl (C=O) groups excluding carboxylic acids is 2. The maximum absolute atomic E-state index is 12.3. The third kappa shape index (κ3) is 4.68. The highest BCUT2D eigenvalue weighted by molar-refractivity contribution is 5.99. The smallest absolute Gasteiger partial charge is 0.251 e. The van der Waals surface area contributed by atoms with Crippen molar-refractivity contribution in [2.45, 2.75) is 33.4 Å². The summed E-state index contributed by atoms with van der Waals surface area (Å²) < 4.78 is 0. The number of rotatable bonds is 5. The summed E-state index contributed by atoms with van der Waals surface area (Å²) in [6, 6.07) is 14.7. The third-order valence-corrected chi connectivity index (χ3v) is 3.51. The van der Waals surface area contributed by atoms with Crippen LogP contribution in [0.2, 0.25) is 0 Å². The van der Waals surface area contributed by atoms with E-state index in [1.165, 1.54) is 0 Å². The molecule has 0 unspecified atom stereocenters. The van der Waals surface area contributed by atoms with Gasteiger partial charge < -0.3 is 10.6 Å². The van der Waals surface area contributed by atoms with Crippen LogP contribution in [0.25, 0.3) is 0 Å². The average Bonchev–Trinajstić information content (AvgIpc) is 2.53. The maximum atomic E-state index is 12.3. The molecule has 4 nitrogen and oxygen atoms in total. The molecule has 0 aliphatic rings. The van der Waals surface area contributed by atoms with Gasteiger partial charge in [0.05, 0.1) is 0 Å². The summed E-state index contributed by atoms with van der Waals surface area (Å²) in [5.41, 5.74) is 3.18. The van der Waals surface area contributed by atoms with E-state index in [0.29, 0.717) is 17.7 Å². The summed E-state index contributed by atoms with van der Waals surface area (Å²) in [4.78, 5) is 24.3. The number of carbonyl (C=O) groups is 2. The molecular weight excluding hydrogens is 288 g/mol. The van der Waals surface area contributed by atoms with Gasteiger partial charge in [0.2, 0.25) is 0 Å². The molecule has 120 valence electrons. The van der Waals surface area contributed by atoms with Gasteiger partial charge in [-0.1, -0.05) is 30.3 Å². The molecule has 0 saturated carbocycles. The van der Waals surface area contributed by atoms with Gasteiger partial charge in [0, 0.05) is 23.7 Å². The minimum Gasteiger partial charge on any atom is -0.350 e. The Balaban J connectivity index is 2.05. The molecule has 0 atom stereocenters. The second-order valence-electron chi connectivity index (χ2n) is 5.82. The zero-order valence-corrected chi connectivity index (χ0v) is 13.7. The first kappa shape index (κ1) is 16.7. The Morgan fingerprint density at radius 2 is 1.61 bits per heavy atom. The van der Waals surface area contributed by atoms with Crippen LogP contribution in [0, 0.1) is 6.92 Å². The molecule has 0 heterocycles. The van der Waals surface area contributed by atoms with Gasteiger partial charge >= 0.3 is 0 Å². The van der Waals surface area contributed by atoms with E-state index in [-0.39, 0.29) is 17.9 Å². The monoisotopic (exact) mass is 310 g/mol. The van der Waals surface area contributed by atoms with E-state index in [0.717, 1.165) is 11.1 Å². The quantitative estimate of drug-likeness (QED) is 0.891. The first-order chi connectivity index (χ1) is 11.0. The van der Waals surface area contributed by atoms with Crippen molar-refractivity contribution in [2.75, 3.05) is 0 Å². The fraction of sp³-hybridized carbons (Fsp3) is 0.263. The van der Waals surface area contributed by atoms with Gasteiger partial charge in [-0.2, -0.15) is 0 Å². The van der Waals surface area contributed by atoms with Gasteiger partial charge in [0.1, 0.15) is 0 Å². The molecule has 2 N–H and O–H groups in total. The largest absolute Gasteiger partial charge is 0.350 e. The summed E-state index contributed by atoms with van der Waals surface area (Å²) in [6.45, 7) is 6.28. The molecule has 23 heavy (non-hydrogen) atoms. The molecule has 0 radical (unpaired) electrons. The summed E-state index contributed by atoms with van der Waals surface area (Å²) >= 11 is 0. The molecule has 2 aromatic carbocycles. The summed E-state index contributed by atoms with van der Waals surface area (Å²) in [6.07, 6.45) is 0. The minimum absolute atomic E-state index is 0.0565. The Labute approximate surface area is 136 Å². The zero-order valence-electron chi connectivity index (χ0n) is 13.7. The van der Waals surface area contributed by atoms with Gasteiger partial charge in [0.15, 0.2) is 0 Å². The highest BCUT2D eigenvalue weighted by Gasteiger charge is 2.11. The first-order valence-electron chi connectivity index (χ1n) is 7.71. The zero-order chi connectivity index (χ0) is 16.8. The number of hydrogen-bond acceptors (Lipinski definition) is 2. The SMILES string of the molecule is Cc1ccccc1CNC(=O)c1cccc(C(=O)NC(C)C)c1. The van der Waals surface area contributed by atoms with Gasteiger partial charge in [0.25, 0.3) is 11.8 Å². The maximum Gasteiger partial charge on any atom is 0.251 e. The van der Waals surface area contributed by atoms with E-state index in [4.69, 9.17) is 0 Å². The molecule has 0 aromatic heterocycles. The average molecular weight is 310 g/mol. The van der Waals surface area contributed by atoms with Gasteiger partial charge in [-0.15, -0.1) is 0 Å². The number of hydrogen-bond donors (Lipinski definition) is 2. The normalized spacial score (nSPS) is 10.4. The second-order valence-corrected chi connectivity index (χ2v) is 5.82. The Morgan fingerprint density at radius 3 is 2.26 bits per heavy atom. The van der Waals surface area contributed by atoms with E-state index >= 15 is 0 Å². The number of amides is 2. The van der Waals surface area contributed by atoms with Gasteiger partial charge in [-0.05, 0) is 50.1 Å². The van der Waals surface area contributed by atoms with Crippen LogP contribution in [-0.4, -0.2) is 17.9 Å². The molecule has 0 spiro atoms. The van der Waals surface area contributed by atoms with E-state index < -0.39 is 0 Å². The Kier molecular flexibility index (Phi) is 5.52. The van der Waals surface area contributed by atoms with E-state index in [2.05, 4.69) is 10.6 Å². The second kappa shape index (κ2) is 7.58. The highest BCUT2D eigenvalue weighted by Crippen LogP contribution is 2.09. The fourth-order valence-corrected chi connectivity index (χ4v) is 2.23. The van der Waals surface area contributed by atoms with Crippen molar-refractivity contribution in [2.24, 2.45) is 0 Å². The Bertz CT molecular complexity index is 708. The lowest BCUT2D eigenvalue weighted by Crippen LogP contribution is -2.30. The van der Waals surface area contributed by atoms with Crippen LogP contribution < -0.4 is 10.6 Å². The lowest BCUT2D eigenvalue weighted by atomic mass is 10.1. The van der Waals surface area contributed by atoms with E-state index in [9.17, 15) is 9.59 Å². The minimum atomic E-state index is -0.188.